The van der Waals surface area contributed by atoms with Gasteiger partial charge in [0.25, 0.3) is 5.91 Å². The van der Waals surface area contributed by atoms with Gasteiger partial charge in [0.05, 0.1) is 5.69 Å². The number of nitrogens with zero attached hydrogens (tertiary/aromatic N) is 6. The third kappa shape index (κ3) is 4.36. The number of hydrogen-bond donors (Lipinski definition) is 2. The van der Waals surface area contributed by atoms with E-state index in [4.69, 9.17) is 9.72 Å². The fraction of sp³-hybridized carbons (Fsp3) is 0.500. The summed E-state index contributed by atoms with van der Waals surface area (Å²) in [6, 6.07) is 0.0152. The highest BCUT2D eigenvalue weighted by molar-refractivity contribution is 7.21. The number of carbonyl (C=O) groups excluding carboxylic acids is 2. The SMILES string of the molecule is CNC(=O)OCC(=O)N1C[C@H](C)N(c2nc3c(C(C)C)c(-c4cn5ncnc5c(C)c4C)[nH]c3s2)C[C@H]1C. The van der Waals surface area contributed by atoms with E-state index in [1.54, 1.807) is 22.6 Å². The lowest BCUT2D eigenvalue weighted by Crippen LogP contribution is -2.59. The number of nitrogens with one attached hydrogen (secondary N) is 2. The molecule has 0 aliphatic carbocycles. The lowest BCUT2D eigenvalue weighted by molar-refractivity contribution is -0.137. The van der Waals surface area contributed by atoms with Crippen molar-refractivity contribution in [2.24, 2.45) is 0 Å². The Morgan fingerprint density at radius 2 is 1.97 bits per heavy atom. The topological polar surface area (TPSA) is 121 Å². The van der Waals surface area contributed by atoms with E-state index in [0.29, 0.717) is 13.1 Å². The summed E-state index contributed by atoms with van der Waals surface area (Å²) in [5, 5.41) is 7.67. The van der Waals surface area contributed by atoms with Crippen molar-refractivity contribution in [1.29, 1.82) is 0 Å². The van der Waals surface area contributed by atoms with Crippen molar-refractivity contribution >= 4 is 44.5 Å². The summed E-state index contributed by atoms with van der Waals surface area (Å²) in [4.78, 5) is 42.4. The van der Waals surface area contributed by atoms with Crippen LogP contribution in [0.3, 0.4) is 0 Å². The molecule has 0 unspecified atom stereocenters. The van der Waals surface area contributed by atoms with Crippen molar-refractivity contribution in [3.63, 3.8) is 0 Å². The second-order valence-electron chi connectivity index (χ2n) is 10.3. The molecule has 5 rings (SSSR count). The molecule has 2 amide bonds. The van der Waals surface area contributed by atoms with Crippen LogP contribution in [0.15, 0.2) is 12.5 Å². The number of anilines is 1. The maximum atomic E-state index is 12.7. The van der Waals surface area contributed by atoms with E-state index in [9.17, 15) is 9.59 Å². The Labute approximate surface area is 225 Å². The van der Waals surface area contributed by atoms with Crippen LogP contribution in [-0.2, 0) is 9.53 Å². The molecule has 0 spiro atoms. The summed E-state index contributed by atoms with van der Waals surface area (Å²) >= 11 is 1.64. The summed E-state index contributed by atoms with van der Waals surface area (Å²) in [7, 11) is 1.47. The first-order valence-corrected chi connectivity index (χ1v) is 13.6. The Bertz CT molecular complexity index is 1520. The van der Waals surface area contributed by atoms with Gasteiger partial charge in [-0.3, -0.25) is 4.79 Å². The van der Waals surface area contributed by atoms with Crippen molar-refractivity contribution in [2.45, 2.75) is 59.5 Å². The number of thiazole rings is 1. The number of piperazine rings is 1. The van der Waals surface area contributed by atoms with Gasteiger partial charge in [0, 0.05) is 49.5 Å². The Kier molecular flexibility index (Phi) is 6.76. The van der Waals surface area contributed by atoms with Crippen LogP contribution in [0.4, 0.5) is 9.93 Å². The fourth-order valence-electron chi connectivity index (χ4n) is 5.25. The number of aromatic nitrogens is 5. The molecule has 1 saturated heterocycles. The highest BCUT2D eigenvalue weighted by atomic mass is 32.1. The van der Waals surface area contributed by atoms with Gasteiger partial charge in [0.2, 0.25) is 0 Å². The molecule has 0 radical (unpaired) electrons. The van der Waals surface area contributed by atoms with Crippen molar-refractivity contribution in [3.8, 4) is 11.3 Å². The third-order valence-electron chi connectivity index (χ3n) is 7.43. The van der Waals surface area contributed by atoms with E-state index >= 15 is 0 Å². The zero-order valence-electron chi connectivity index (χ0n) is 22.8. The van der Waals surface area contributed by atoms with Gasteiger partial charge < -0.3 is 24.8 Å². The van der Waals surface area contributed by atoms with E-state index in [0.717, 1.165) is 37.9 Å². The van der Waals surface area contributed by atoms with Crippen LogP contribution in [0.25, 0.3) is 27.3 Å². The van der Waals surface area contributed by atoms with Crippen LogP contribution in [0.5, 0.6) is 0 Å². The molecule has 5 heterocycles. The molecular weight excluding hydrogens is 504 g/mol. The van der Waals surface area contributed by atoms with Gasteiger partial charge in [-0.15, -0.1) is 0 Å². The van der Waals surface area contributed by atoms with Crippen LogP contribution < -0.4 is 10.2 Å². The van der Waals surface area contributed by atoms with Crippen molar-refractivity contribution in [3.05, 3.63) is 29.2 Å². The first-order chi connectivity index (χ1) is 18.1. The summed E-state index contributed by atoms with van der Waals surface area (Å²) in [5.74, 6) is 0.0616. The first kappa shape index (κ1) is 26.0. The minimum atomic E-state index is -0.609. The van der Waals surface area contributed by atoms with Gasteiger partial charge >= 0.3 is 6.09 Å². The number of carbonyl (C=O) groups is 2. The van der Waals surface area contributed by atoms with Gasteiger partial charge in [-0.25, -0.2) is 19.3 Å². The summed E-state index contributed by atoms with van der Waals surface area (Å²) < 4.78 is 6.80. The molecule has 2 atom stereocenters. The van der Waals surface area contributed by atoms with Crippen molar-refractivity contribution < 1.29 is 14.3 Å². The zero-order valence-corrected chi connectivity index (χ0v) is 23.6. The predicted molar refractivity (Wildman–Crippen MR) is 148 cm³/mol. The molecule has 4 aromatic rings. The van der Waals surface area contributed by atoms with Gasteiger partial charge in [-0.05, 0) is 44.7 Å². The van der Waals surface area contributed by atoms with Gasteiger partial charge in [-0.1, -0.05) is 25.2 Å². The maximum absolute atomic E-state index is 12.7. The molecule has 0 saturated carbocycles. The molecule has 38 heavy (non-hydrogen) atoms. The molecule has 2 N–H and O–H groups in total. The monoisotopic (exact) mass is 538 g/mol. The summed E-state index contributed by atoms with van der Waals surface area (Å²) in [5.41, 5.74) is 7.50. The molecule has 12 heteroatoms. The normalized spacial score (nSPS) is 18.1. The third-order valence-corrected chi connectivity index (χ3v) is 8.44. The minimum absolute atomic E-state index is 0.0469. The maximum Gasteiger partial charge on any atom is 0.407 e. The van der Waals surface area contributed by atoms with Crippen LogP contribution in [0.1, 0.15) is 50.3 Å². The molecule has 11 nitrogen and oxygen atoms in total. The first-order valence-electron chi connectivity index (χ1n) is 12.8. The van der Waals surface area contributed by atoms with Crippen LogP contribution in [-0.4, -0.2) is 80.3 Å². The van der Waals surface area contributed by atoms with Gasteiger partial charge in [0.15, 0.2) is 17.4 Å². The van der Waals surface area contributed by atoms with E-state index in [1.165, 1.54) is 18.2 Å². The Morgan fingerprint density at radius 3 is 2.68 bits per heavy atom. The molecule has 1 aliphatic heterocycles. The van der Waals surface area contributed by atoms with Gasteiger partial charge in [0.1, 0.15) is 16.7 Å². The van der Waals surface area contributed by atoms with Gasteiger partial charge in [-0.2, -0.15) is 5.10 Å². The Balaban J connectivity index is 1.45. The highest BCUT2D eigenvalue weighted by Crippen LogP contribution is 2.41. The van der Waals surface area contributed by atoms with Crippen LogP contribution in [0, 0.1) is 13.8 Å². The van der Waals surface area contributed by atoms with E-state index in [-0.39, 0.29) is 30.5 Å². The average molecular weight is 539 g/mol. The summed E-state index contributed by atoms with van der Waals surface area (Å²) in [6.07, 6.45) is 3.02. The smallest absolute Gasteiger partial charge is 0.407 e. The standard InChI is InChI=1S/C26H34N8O3S/c1-13(2)20-21(18-10-34-23(28-12-29-34)17(6)16(18)5)30-24-22(20)31-25(38-24)33-9-14(3)32(8-15(33)4)19(35)11-37-26(36)27-7/h10,12-15,30H,8-9,11H2,1-7H3,(H,27,36)/t14-,15+/m1/s1. The summed E-state index contributed by atoms with van der Waals surface area (Å²) in [6.45, 7) is 13.6. The zero-order chi connectivity index (χ0) is 27.3. The largest absolute Gasteiger partial charge is 0.439 e. The van der Waals surface area contributed by atoms with Crippen molar-refractivity contribution in [1.82, 2.24) is 34.8 Å². The molecule has 1 aliphatic rings. The number of alkyl carbamates (subject to hydrolysis) is 1. The molecule has 1 fully saturated rings. The number of aryl methyl sites for hydroxylation is 1. The number of pyridine rings is 1. The van der Waals surface area contributed by atoms with E-state index in [2.05, 4.69) is 59.9 Å². The second kappa shape index (κ2) is 9.90. The average Bonchev–Trinajstić information content (AvgIpc) is 3.59. The molecular formula is C26H34N8O3S. The highest BCUT2D eigenvalue weighted by Gasteiger charge is 2.34. The number of H-pyrrole nitrogens is 1. The number of aromatic amines is 1. The van der Waals surface area contributed by atoms with Crippen molar-refractivity contribution in [2.75, 3.05) is 31.6 Å². The second-order valence-corrected chi connectivity index (χ2v) is 11.3. The molecule has 202 valence electrons. The number of hydrogen-bond acceptors (Lipinski definition) is 8. The fourth-order valence-corrected chi connectivity index (χ4v) is 6.35. The predicted octanol–water partition coefficient (Wildman–Crippen LogP) is 3.86. The molecule has 4 aromatic heterocycles. The Hall–Kier alpha value is -3.67. The van der Waals surface area contributed by atoms with E-state index in [1.807, 2.05) is 17.6 Å². The molecule has 0 bridgehead atoms. The lowest BCUT2D eigenvalue weighted by atomic mass is 9.96. The Morgan fingerprint density at radius 1 is 1.21 bits per heavy atom. The van der Waals surface area contributed by atoms with Crippen LogP contribution >= 0.6 is 11.3 Å². The molecule has 0 aromatic carbocycles. The minimum Gasteiger partial charge on any atom is -0.439 e. The number of fused-ring (bicyclic) bond motifs is 2. The number of rotatable bonds is 5. The lowest BCUT2D eigenvalue weighted by Gasteiger charge is -2.44. The quantitative estimate of drug-likeness (QED) is 0.396. The van der Waals surface area contributed by atoms with E-state index < -0.39 is 6.09 Å². The van der Waals surface area contributed by atoms with Crippen LogP contribution in [0.2, 0.25) is 0 Å². The number of amides is 2. The number of ether oxygens (including phenoxy) is 1.